The van der Waals surface area contributed by atoms with Gasteiger partial charge >= 0.3 is 0 Å². The van der Waals surface area contributed by atoms with Gasteiger partial charge in [0.25, 0.3) is 11.8 Å². The molecule has 33 heavy (non-hydrogen) atoms. The van der Waals surface area contributed by atoms with Gasteiger partial charge in [0.2, 0.25) is 0 Å². The normalized spacial score (nSPS) is 17.9. The van der Waals surface area contributed by atoms with Crippen LogP contribution in [0.3, 0.4) is 0 Å². The Balaban J connectivity index is 1.13. The molecule has 4 rings (SSSR count). The van der Waals surface area contributed by atoms with Gasteiger partial charge in [0.05, 0.1) is 0 Å². The van der Waals surface area contributed by atoms with E-state index < -0.39 is 0 Å². The fourth-order valence-electron chi connectivity index (χ4n) is 4.42. The van der Waals surface area contributed by atoms with Gasteiger partial charge in [0, 0.05) is 72.4 Å². The van der Waals surface area contributed by atoms with Crippen molar-refractivity contribution in [3.05, 3.63) is 68.6 Å². The summed E-state index contributed by atoms with van der Waals surface area (Å²) in [7, 11) is 0. The molecule has 0 unspecified atom stereocenters. The second-order valence-electron chi connectivity index (χ2n) is 8.64. The second-order valence-corrected chi connectivity index (χ2v) is 10.5. The highest BCUT2D eigenvalue weighted by Gasteiger charge is 2.24. The van der Waals surface area contributed by atoms with Crippen molar-refractivity contribution in [3.63, 3.8) is 0 Å². The monoisotopic (exact) mass is 576 g/mol. The van der Waals surface area contributed by atoms with E-state index in [0.29, 0.717) is 0 Å². The van der Waals surface area contributed by atoms with Gasteiger partial charge in [-0.2, -0.15) is 0 Å². The third-order valence-corrected chi connectivity index (χ3v) is 7.51. The van der Waals surface area contributed by atoms with Crippen molar-refractivity contribution in [3.8, 4) is 0 Å². The van der Waals surface area contributed by atoms with E-state index in [1.54, 1.807) is 0 Å². The van der Waals surface area contributed by atoms with Crippen molar-refractivity contribution in [2.24, 2.45) is 0 Å². The van der Waals surface area contributed by atoms with Crippen LogP contribution in [-0.2, 0) is 0 Å². The Morgan fingerprint density at radius 2 is 0.909 bits per heavy atom. The molecule has 0 atom stereocenters. The quantitative estimate of drug-likeness (QED) is 0.524. The first kappa shape index (κ1) is 24.4. The van der Waals surface area contributed by atoms with Crippen LogP contribution in [0.1, 0.15) is 27.1 Å². The highest BCUT2D eigenvalue weighted by molar-refractivity contribution is 9.10. The van der Waals surface area contributed by atoms with Crippen LogP contribution in [0.15, 0.2) is 57.5 Å². The average Bonchev–Trinajstić information content (AvgIpc) is 2.85. The molecule has 2 fully saturated rings. The molecule has 0 radical (unpaired) electrons. The van der Waals surface area contributed by atoms with E-state index in [0.717, 1.165) is 91.9 Å². The highest BCUT2D eigenvalue weighted by Crippen LogP contribution is 2.15. The van der Waals surface area contributed by atoms with Crippen LogP contribution in [0, 0.1) is 0 Å². The molecule has 0 saturated carbocycles. The van der Waals surface area contributed by atoms with E-state index in [-0.39, 0.29) is 11.8 Å². The summed E-state index contributed by atoms with van der Waals surface area (Å²) in [6.07, 6.45) is 1.11. The predicted octanol–water partition coefficient (Wildman–Crippen LogP) is 3.82. The minimum atomic E-state index is 0.123. The minimum absolute atomic E-state index is 0.123. The maximum atomic E-state index is 12.7. The number of nitrogens with zero attached hydrogens (tertiary/aromatic N) is 4. The Hall–Kier alpha value is -1.74. The maximum Gasteiger partial charge on any atom is 0.253 e. The Morgan fingerprint density at radius 1 is 0.576 bits per heavy atom. The van der Waals surface area contributed by atoms with E-state index in [1.807, 2.05) is 58.3 Å². The number of benzene rings is 2. The lowest BCUT2D eigenvalue weighted by Gasteiger charge is -2.37. The molecule has 0 N–H and O–H groups in total. The van der Waals surface area contributed by atoms with Crippen LogP contribution >= 0.6 is 31.9 Å². The number of carbonyl (C=O) groups excluding carboxylic acids is 2. The van der Waals surface area contributed by atoms with Gasteiger partial charge in [-0.15, -0.1) is 0 Å². The van der Waals surface area contributed by atoms with E-state index in [9.17, 15) is 9.59 Å². The third kappa shape index (κ3) is 6.66. The Morgan fingerprint density at radius 3 is 1.24 bits per heavy atom. The lowest BCUT2D eigenvalue weighted by molar-refractivity contribution is 0.0606. The summed E-state index contributed by atoms with van der Waals surface area (Å²) in [5.74, 6) is 0.246. The summed E-state index contributed by atoms with van der Waals surface area (Å²) in [6.45, 7) is 8.95. The number of carbonyl (C=O) groups is 2. The van der Waals surface area contributed by atoms with Crippen LogP contribution in [0.25, 0.3) is 0 Å². The molecule has 2 aliphatic rings. The fraction of sp³-hybridized carbons (Fsp3) is 0.440. The molecule has 176 valence electrons. The molecule has 2 amide bonds. The zero-order chi connectivity index (χ0) is 23.2. The smallest absolute Gasteiger partial charge is 0.253 e. The Bertz CT molecular complexity index is 858. The number of halogens is 2. The first-order valence-corrected chi connectivity index (χ1v) is 13.1. The van der Waals surface area contributed by atoms with Crippen molar-refractivity contribution >= 4 is 43.7 Å². The standard InChI is InChI=1S/C25H30Br2N4O2/c26-22-6-2-20(3-7-22)24(32)30-16-12-28(13-17-30)10-1-11-29-14-18-31(19-15-29)25(33)21-4-8-23(27)9-5-21/h2-9H,1,10-19H2. The van der Waals surface area contributed by atoms with Gasteiger partial charge < -0.3 is 9.80 Å². The predicted molar refractivity (Wildman–Crippen MR) is 138 cm³/mol. The van der Waals surface area contributed by atoms with Crippen LogP contribution in [0.4, 0.5) is 0 Å². The van der Waals surface area contributed by atoms with E-state index >= 15 is 0 Å². The summed E-state index contributed by atoms with van der Waals surface area (Å²) in [6, 6.07) is 15.2. The van der Waals surface area contributed by atoms with E-state index in [2.05, 4.69) is 41.7 Å². The number of hydrogen-bond acceptors (Lipinski definition) is 4. The van der Waals surface area contributed by atoms with Crippen LogP contribution in [0.2, 0.25) is 0 Å². The zero-order valence-electron chi connectivity index (χ0n) is 18.8. The van der Waals surface area contributed by atoms with E-state index in [4.69, 9.17) is 0 Å². The SMILES string of the molecule is O=C(c1ccc(Br)cc1)N1CCN(CCCN2CCN(C(=O)c3ccc(Br)cc3)CC2)CC1. The average molecular weight is 578 g/mol. The molecule has 2 heterocycles. The second kappa shape index (κ2) is 11.6. The van der Waals surface area contributed by atoms with Gasteiger partial charge in [-0.1, -0.05) is 31.9 Å². The topological polar surface area (TPSA) is 47.1 Å². The first-order valence-electron chi connectivity index (χ1n) is 11.5. The zero-order valence-corrected chi connectivity index (χ0v) is 21.9. The molecule has 0 aromatic heterocycles. The largest absolute Gasteiger partial charge is 0.336 e. The molecule has 8 heteroatoms. The van der Waals surface area contributed by atoms with Crippen molar-refractivity contribution < 1.29 is 9.59 Å². The Labute approximate surface area is 212 Å². The molecular formula is C25H30Br2N4O2. The van der Waals surface area contributed by atoms with Gasteiger partial charge in [-0.25, -0.2) is 0 Å². The summed E-state index contributed by atoms with van der Waals surface area (Å²) in [5, 5.41) is 0. The van der Waals surface area contributed by atoms with Crippen LogP contribution < -0.4 is 0 Å². The van der Waals surface area contributed by atoms with Gasteiger partial charge in [0.15, 0.2) is 0 Å². The summed E-state index contributed by atoms with van der Waals surface area (Å²) < 4.78 is 1.97. The molecule has 6 nitrogen and oxygen atoms in total. The van der Waals surface area contributed by atoms with Crippen LogP contribution in [0.5, 0.6) is 0 Å². The van der Waals surface area contributed by atoms with Crippen molar-refractivity contribution in [2.45, 2.75) is 6.42 Å². The molecule has 0 aliphatic carbocycles. The van der Waals surface area contributed by atoms with Gasteiger partial charge in [-0.05, 0) is 68.0 Å². The fourth-order valence-corrected chi connectivity index (χ4v) is 4.95. The summed E-state index contributed by atoms with van der Waals surface area (Å²) in [4.78, 5) is 34.2. The lowest BCUT2D eigenvalue weighted by atomic mass is 10.1. The van der Waals surface area contributed by atoms with Crippen molar-refractivity contribution in [1.29, 1.82) is 0 Å². The number of amides is 2. The molecular weight excluding hydrogens is 548 g/mol. The van der Waals surface area contributed by atoms with E-state index in [1.165, 1.54) is 0 Å². The first-order chi connectivity index (χ1) is 16.0. The lowest BCUT2D eigenvalue weighted by Crippen LogP contribution is -2.50. The molecule has 2 aromatic rings. The Kier molecular flexibility index (Phi) is 8.57. The van der Waals surface area contributed by atoms with Crippen molar-refractivity contribution in [1.82, 2.24) is 19.6 Å². The molecule has 0 bridgehead atoms. The van der Waals surface area contributed by atoms with Gasteiger partial charge in [0.1, 0.15) is 0 Å². The minimum Gasteiger partial charge on any atom is -0.336 e. The molecule has 2 aliphatic heterocycles. The molecule has 0 spiro atoms. The highest BCUT2D eigenvalue weighted by atomic mass is 79.9. The number of rotatable bonds is 6. The summed E-state index contributed by atoms with van der Waals surface area (Å²) >= 11 is 6.84. The number of hydrogen-bond donors (Lipinski definition) is 0. The number of piperazine rings is 2. The molecule has 2 aromatic carbocycles. The summed E-state index contributed by atoms with van der Waals surface area (Å²) in [5.41, 5.74) is 1.51. The maximum absolute atomic E-state index is 12.7. The van der Waals surface area contributed by atoms with Crippen LogP contribution in [-0.4, -0.2) is 96.9 Å². The van der Waals surface area contributed by atoms with Crippen molar-refractivity contribution in [2.75, 3.05) is 65.4 Å². The van der Waals surface area contributed by atoms with Gasteiger partial charge in [-0.3, -0.25) is 19.4 Å². The molecule has 2 saturated heterocycles. The third-order valence-electron chi connectivity index (χ3n) is 6.45.